The molecule has 0 aliphatic carbocycles. The van der Waals surface area contributed by atoms with E-state index >= 15 is 0 Å². The fourth-order valence-corrected chi connectivity index (χ4v) is 5.38. The first-order chi connectivity index (χ1) is 15.2. The quantitative estimate of drug-likeness (QED) is 0.614. The van der Waals surface area contributed by atoms with Gasteiger partial charge in [-0.1, -0.05) is 11.8 Å². The molecular formula is C25H25N3O2S. The topological polar surface area (TPSA) is 57.6 Å². The van der Waals surface area contributed by atoms with E-state index in [0.29, 0.717) is 5.92 Å². The van der Waals surface area contributed by atoms with Crippen molar-refractivity contribution in [3.8, 4) is 17.6 Å². The first-order valence-electron chi connectivity index (χ1n) is 10.5. The normalized spacial score (nSPS) is 22.1. The summed E-state index contributed by atoms with van der Waals surface area (Å²) in [6, 6.07) is 14.5. The van der Waals surface area contributed by atoms with Crippen LogP contribution in [-0.4, -0.2) is 41.3 Å². The van der Waals surface area contributed by atoms with E-state index in [9.17, 15) is 5.11 Å². The molecule has 1 aromatic heterocycles. The zero-order valence-corrected chi connectivity index (χ0v) is 18.2. The molecule has 5 rings (SSSR count). The lowest BCUT2D eigenvalue weighted by Gasteiger charge is -2.39. The van der Waals surface area contributed by atoms with Gasteiger partial charge in [0, 0.05) is 40.4 Å². The molecule has 3 atom stereocenters. The molecule has 0 unspecified atom stereocenters. The highest BCUT2D eigenvalue weighted by molar-refractivity contribution is 7.09. The van der Waals surface area contributed by atoms with Crippen molar-refractivity contribution in [2.45, 2.75) is 25.0 Å². The molecule has 2 N–H and O–H groups in total. The number of anilines is 1. The van der Waals surface area contributed by atoms with Gasteiger partial charge in [-0.15, -0.1) is 11.3 Å². The maximum atomic E-state index is 9.99. The smallest absolute Gasteiger partial charge is 0.118 e. The van der Waals surface area contributed by atoms with E-state index in [1.54, 1.807) is 18.4 Å². The number of fused-ring (bicyclic) bond motifs is 3. The lowest BCUT2D eigenvalue weighted by molar-refractivity contribution is 0.172. The second kappa shape index (κ2) is 8.72. The van der Waals surface area contributed by atoms with Crippen molar-refractivity contribution in [2.24, 2.45) is 5.92 Å². The average molecular weight is 432 g/mol. The highest BCUT2D eigenvalue weighted by Gasteiger charge is 2.43. The molecule has 2 aliphatic heterocycles. The van der Waals surface area contributed by atoms with Gasteiger partial charge >= 0.3 is 0 Å². The maximum Gasteiger partial charge on any atom is 0.118 e. The molecule has 0 bridgehead atoms. The Kier molecular flexibility index (Phi) is 5.65. The molecule has 2 aromatic carbocycles. The monoisotopic (exact) mass is 431 g/mol. The predicted octanol–water partition coefficient (Wildman–Crippen LogP) is 3.90. The molecule has 3 aromatic rings. The number of methoxy groups -OCH3 is 1. The van der Waals surface area contributed by atoms with Crippen molar-refractivity contribution < 1.29 is 9.84 Å². The Morgan fingerprint density at radius 1 is 1.19 bits per heavy atom. The Morgan fingerprint density at radius 3 is 2.74 bits per heavy atom. The van der Waals surface area contributed by atoms with Crippen LogP contribution in [0.5, 0.6) is 5.75 Å². The summed E-state index contributed by atoms with van der Waals surface area (Å²) in [5.74, 6) is 7.78. The summed E-state index contributed by atoms with van der Waals surface area (Å²) in [7, 11) is 1.66. The highest BCUT2D eigenvalue weighted by atomic mass is 32.1. The van der Waals surface area contributed by atoms with Crippen LogP contribution in [0.4, 0.5) is 5.69 Å². The van der Waals surface area contributed by atoms with Crippen molar-refractivity contribution in [2.75, 3.05) is 25.6 Å². The fraction of sp³-hybridized carbons (Fsp3) is 0.320. The van der Waals surface area contributed by atoms with Gasteiger partial charge < -0.3 is 15.2 Å². The molecule has 0 saturated carbocycles. The number of aromatic nitrogens is 1. The Bertz CT molecular complexity index is 1100. The van der Waals surface area contributed by atoms with Crippen molar-refractivity contribution in [1.29, 1.82) is 0 Å². The van der Waals surface area contributed by atoms with Crippen molar-refractivity contribution >= 4 is 17.0 Å². The van der Waals surface area contributed by atoms with Crippen molar-refractivity contribution in [1.82, 2.24) is 9.88 Å². The summed E-state index contributed by atoms with van der Waals surface area (Å²) in [4.78, 5) is 6.99. The molecule has 0 radical (unpaired) electrons. The number of hydrogen-bond acceptors (Lipinski definition) is 6. The summed E-state index contributed by atoms with van der Waals surface area (Å²) < 4.78 is 5.22. The number of nitrogens with zero attached hydrogens (tertiary/aromatic N) is 2. The summed E-state index contributed by atoms with van der Waals surface area (Å²) >= 11 is 1.70. The van der Waals surface area contributed by atoms with Crippen LogP contribution in [0.25, 0.3) is 0 Å². The SMILES string of the molecule is COc1ccc(C#Cc2ccc3c(c2)[C@@H]2[C@@H](CCN2Cc2nccs2)[C@@H](CO)N3)cc1. The van der Waals surface area contributed by atoms with Gasteiger partial charge in [0.15, 0.2) is 0 Å². The Morgan fingerprint density at radius 2 is 2.00 bits per heavy atom. The summed E-state index contributed by atoms with van der Waals surface area (Å²) in [5.41, 5.74) is 4.33. The first-order valence-corrected chi connectivity index (χ1v) is 11.4. The van der Waals surface area contributed by atoms with E-state index < -0.39 is 0 Å². The number of ether oxygens (including phenoxy) is 1. The summed E-state index contributed by atoms with van der Waals surface area (Å²) in [5, 5.41) is 16.7. The van der Waals surface area contributed by atoms with E-state index in [-0.39, 0.29) is 18.7 Å². The zero-order chi connectivity index (χ0) is 21.2. The molecule has 5 nitrogen and oxygen atoms in total. The lowest BCUT2D eigenvalue weighted by Crippen LogP contribution is -2.41. The van der Waals surface area contributed by atoms with Crippen LogP contribution >= 0.6 is 11.3 Å². The average Bonchev–Trinajstić information content (AvgIpc) is 3.48. The van der Waals surface area contributed by atoms with Crippen molar-refractivity contribution in [3.63, 3.8) is 0 Å². The third-order valence-corrected chi connectivity index (χ3v) is 7.00. The standard InChI is InChI=1S/C25H25N3O2S/c1-30-19-7-4-17(5-8-19)2-3-18-6-9-22-21(14-18)25-20(23(16-29)27-22)10-12-28(25)15-24-26-11-13-31-24/h4-9,11,13-14,20,23,25,27,29H,10,12,15-16H2,1H3/t20-,23+,25-/m0/s1. The Hall–Kier alpha value is -2.85. The number of rotatable bonds is 4. The molecule has 1 saturated heterocycles. The maximum absolute atomic E-state index is 9.99. The van der Waals surface area contributed by atoms with Gasteiger partial charge in [0.1, 0.15) is 10.8 Å². The van der Waals surface area contributed by atoms with Gasteiger partial charge in [-0.05, 0) is 61.0 Å². The van der Waals surface area contributed by atoms with Gasteiger partial charge in [0.05, 0.1) is 26.3 Å². The van der Waals surface area contributed by atoms with Crippen LogP contribution in [0, 0.1) is 17.8 Å². The van der Waals surface area contributed by atoms with Gasteiger partial charge in [-0.3, -0.25) is 4.90 Å². The largest absolute Gasteiger partial charge is 0.497 e. The number of aliphatic hydroxyl groups is 1. The lowest BCUT2D eigenvalue weighted by atomic mass is 9.82. The van der Waals surface area contributed by atoms with Gasteiger partial charge in [-0.25, -0.2) is 4.98 Å². The molecule has 158 valence electrons. The van der Waals surface area contributed by atoms with E-state index in [4.69, 9.17) is 4.74 Å². The third kappa shape index (κ3) is 4.05. The number of likely N-dealkylation sites (tertiary alicyclic amines) is 1. The second-order valence-corrected chi connectivity index (χ2v) is 8.99. The molecule has 0 amide bonds. The second-order valence-electron chi connectivity index (χ2n) is 8.01. The molecule has 2 aliphatic rings. The van der Waals surface area contributed by atoms with Crippen LogP contribution in [0.2, 0.25) is 0 Å². The number of aliphatic hydroxyl groups excluding tert-OH is 1. The van der Waals surface area contributed by atoms with Crippen LogP contribution < -0.4 is 10.1 Å². The third-order valence-electron chi connectivity index (χ3n) is 6.24. The molecule has 6 heteroatoms. The summed E-state index contributed by atoms with van der Waals surface area (Å²) in [6.45, 7) is 2.00. The highest BCUT2D eigenvalue weighted by Crippen LogP contribution is 2.47. The number of nitrogens with one attached hydrogen (secondary N) is 1. The Balaban J connectivity index is 1.45. The molecular weight excluding hydrogens is 406 g/mol. The number of benzene rings is 2. The minimum absolute atomic E-state index is 0.0787. The molecule has 1 fully saturated rings. The van der Waals surface area contributed by atoms with E-state index in [0.717, 1.165) is 47.1 Å². The zero-order valence-electron chi connectivity index (χ0n) is 17.4. The molecule has 31 heavy (non-hydrogen) atoms. The van der Waals surface area contributed by atoms with Gasteiger partial charge in [0.25, 0.3) is 0 Å². The van der Waals surface area contributed by atoms with Crippen molar-refractivity contribution in [3.05, 3.63) is 75.7 Å². The predicted molar refractivity (Wildman–Crippen MR) is 123 cm³/mol. The fourth-order valence-electron chi connectivity index (χ4n) is 4.74. The summed E-state index contributed by atoms with van der Waals surface area (Å²) in [6.07, 6.45) is 2.93. The molecule has 0 spiro atoms. The Labute approximate surface area is 186 Å². The molecule has 3 heterocycles. The number of hydrogen-bond donors (Lipinski definition) is 2. The first kappa shape index (κ1) is 20.1. The van der Waals surface area contributed by atoms with Crippen LogP contribution in [0.1, 0.15) is 34.2 Å². The van der Waals surface area contributed by atoms with Crippen LogP contribution in [-0.2, 0) is 6.54 Å². The number of thiazole rings is 1. The van der Waals surface area contributed by atoms with Crippen LogP contribution in [0.3, 0.4) is 0 Å². The minimum Gasteiger partial charge on any atom is -0.497 e. The minimum atomic E-state index is 0.0787. The van der Waals surface area contributed by atoms with Gasteiger partial charge in [0.2, 0.25) is 0 Å². The van der Waals surface area contributed by atoms with E-state index in [1.807, 2.05) is 35.8 Å². The van der Waals surface area contributed by atoms with Crippen LogP contribution in [0.15, 0.2) is 54.0 Å². The van der Waals surface area contributed by atoms with Gasteiger partial charge in [-0.2, -0.15) is 0 Å². The van der Waals surface area contributed by atoms with E-state index in [1.165, 1.54) is 5.56 Å². The van der Waals surface area contributed by atoms with E-state index in [2.05, 4.69) is 45.2 Å².